The molecule has 1 aliphatic rings. The Labute approximate surface area is 138 Å². The van der Waals surface area contributed by atoms with Crippen molar-refractivity contribution in [1.82, 2.24) is 9.88 Å². The summed E-state index contributed by atoms with van der Waals surface area (Å²) in [6.07, 6.45) is 1.17. The Morgan fingerprint density at radius 1 is 1.43 bits per heavy atom. The number of aryl methyl sites for hydroxylation is 1. The Morgan fingerprint density at radius 2 is 2.30 bits per heavy atom. The van der Waals surface area contributed by atoms with Crippen molar-refractivity contribution in [2.24, 2.45) is 0 Å². The maximum Gasteiger partial charge on any atom is 0.260 e. The minimum atomic E-state index is -0.107. The van der Waals surface area contributed by atoms with Gasteiger partial charge in [0.2, 0.25) is 5.91 Å². The van der Waals surface area contributed by atoms with Gasteiger partial charge < -0.3 is 15.0 Å². The van der Waals surface area contributed by atoms with E-state index in [1.165, 1.54) is 11.3 Å². The van der Waals surface area contributed by atoms with E-state index in [4.69, 9.17) is 4.74 Å². The lowest BCUT2D eigenvalue weighted by Gasteiger charge is -2.19. The molecule has 0 radical (unpaired) electrons. The molecule has 1 aliphatic heterocycles. The zero-order chi connectivity index (χ0) is 16.2. The van der Waals surface area contributed by atoms with E-state index in [0.29, 0.717) is 25.1 Å². The number of benzene rings is 1. The van der Waals surface area contributed by atoms with Gasteiger partial charge in [0.05, 0.1) is 17.7 Å². The smallest absolute Gasteiger partial charge is 0.260 e. The van der Waals surface area contributed by atoms with E-state index in [9.17, 15) is 9.59 Å². The van der Waals surface area contributed by atoms with Crippen molar-refractivity contribution in [3.05, 3.63) is 40.3 Å². The van der Waals surface area contributed by atoms with Crippen LogP contribution in [0.1, 0.15) is 17.7 Å². The number of rotatable bonds is 5. The summed E-state index contributed by atoms with van der Waals surface area (Å²) in [5.41, 5.74) is 4.47. The Bertz CT molecular complexity index is 715. The van der Waals surface area contributed by atoms with E-state index in [2.05, 4.69) is 10.3 Å². The van der Waals surface area contributed by atoms with Gasteiger partial charge in [-0.1, -0.05) is 0 Å². The monoisotopic (exact) mass is 331 g/mol. The van der Waals surface area contributed by atoms with Gasteiger partial charge in [-0.15, -0.1) is 11.3 Å². The number of hydrogen-bond acceptors (Lipinski definition) is 5. The first kappa shape index (κ1) is 15.5. The van der Waals surface area contributed by atoms with Gasteiger partial charge in [0, 0.05) is 24.5 Å². The normalized spacial score (nSPS) is 13.2. The van der Waals surface area contributed by atoms with Crippen molar-refractivity contribution in [3.63, 3.8) is 0 Å². The van der Waals surface area contributed by atoms with Crippen LogP contribution in [0.5, 0.6) is 5.75 Å². The molecule has 1 N–H and O–H groups in total. The first-order valence-electron chi connectivity index (χ1n) is 7.28. The lowest BCUT2D eigenvalue weighted by atomic mass is 10.0. The van der Waals surface area contributed by atoms with Crippen molar-refractivity contribution in [1.29, 1.82) is 0 Å². The number of amides is 2. The van der Waals surface area contributed by atoms with Crippen molar-refractivity contribution in [2.45, 2.75) is 19.4 Å². The molecule has 3 rings (SSSR count). The van der Waals surface area contributed by atoms with Gasteiger partial charge in [0.1, 0.15) is 5.75 Å². The second kappa shape index (κ2) is 6.78. The summed E-state index contributed by atoms with van der Waals surface area (Å²) < 4.78 is 5.58. The molecule has 0 saturated heterocycles. The third-order valence-electron chi connectivity index (χ3n) is 3.64. The predicted molar refractivity (Wildman–Crippen MR) is 87.5 cm³/mol. The van der Waals surface area contributed by atoms with Crippen molar-refractivity contribution in [2.75, 3.05) is 19.0 Å². The Kier molecular flexibility index (Phi) is 4.57. The molecule has 6 nitrogen and oxygen atoms in total. The number of hydrogen-bond donors (Lipinski definition) is 1. The zero-order valence-corrected chi connectivity index (χ0v) is 13.6. The number of carbonyl (C=O) groups is 2. The van der Waals surface area contributed by atoms with Gasteiger partial charge in [-0.3, -0.25) is 9.59 Å². The molecule has 0 spiro atoms. The molecule has 0 unspecified atom stereocenters. The second-order valence-electron chi connectivity index (χ2n) is 5.39. The summed E-state index contributed by atoms with van der Waals surface area (Å²) in [7, 11) is 1.73. The SMILES string of the molecule is CN(Cc1cscn1)C(=O)COc1ccc2c(c1)CCC(=O)N2. The molecular weight excluding hydrogens is 314 g/mol. The van der Waals surface area contributed by atoms with E-state index in [1.807, 2.05) is 17.5 Å². The van der Waals surface area contributed by atoms with Crippen LogP contribution in [-0.2, 0) is 22.6 Å². The number of anilines is 1. The van der Waals surface area contributed by atoms with Crippen LogP contribution in [0.3, 0.4) is 0 Å². The largest absolute Gasteiger partial charge is 0.484 e. The summed E-state index contributed by atoms with van der Waals surface area (Å²) in [6.45, 7) is 0.452. The number of nitrogens with one attached hydrogen (secondary N) is 1. The number of carbonyl (C=O) groups excluding carboxylic acids is 2. The van der Waals surface area contributed by atoms with Crippen LogP contribution >= 0.6 is 11.3 Å². The highest BCUT2D eigenvalue weighted by Crippen LogP contribution is 2.26. The van der Waals surface area contributed by atoms with Crippen molar-refractivity contribution in [3.8, 4) is 5.75 Å². The van der Waals surface area contributed by atoms with Crippen LogP contribution in [0.4, 0.5) is 5.69 Å². The molecule has 7 heteroatoms. The van der Waals surface area contributed by atoms with Gasteiger partial charge in [0.15, 0.2) is 6.61 Å². The molecule has 0 atom stereocenters. The second-order valence-corrected chi connectivity index (χ2v) is 6.10. The van der Waals surface area contributed by atoms with Crippen LogP contribution in [-0.4, -0.2) is 35.4 Å². The van der Waals surface area contributed by atoms with Crippen LogP contribution < -0.4 is 10.1 Å². The van der Waals surface area contributed by atoms with Gasteiger partial charge in [-0.25, -0.2) is 4.98 Å². The number of thiazole rings is 1. The summed E-state index contributed by atoms with van der Waals surface area (Å²) in [5, 5.41) is 4.74. The average Bonchev–Trinajstić information content (AvgIpc) is 3.05. The van der Waals surface area contributed by atoms with E-state index in [-0.39, 0.29) is 18.4 Å². The Hall–Kier alpha value is -2.41. The Balaban J connectivity index is 1.55. The Morgan fingerprint density at radius 3 is 3.09 bits per heavy atom. The van der Waals surface area contributed by atoms with E-state index >= 15 is 0 Å². The third kappa shape index (κ3) is 3.87. The van der Waals surface area contributed by atoms with Crippen molar-refractivity contribution < 1.29 is 14.3 Å². The summed E-state index contributed by atoms with van der Waals surface area (Å²) in [6, 6.07) is 5.45. The van der Waals surface area contributed by atoms with Crippen LogP contribution in [0, 0.1) is 0 Å². The number of fused-ring (bicyclic) bond motifs is 1. The lowest BCUT2D eigenvalue weighted by molar-refractivity contribution is -0.132. The highest BCUT2D eigenvalue weighted by Gasteiger charge is 2.16. The highest BCUT2D eigenvalue weighted by molar-refractivity contribution is 7.07. The van der Waals surface area contributed by atoms with E-state index in [0.717, 1.165) is 16.9 Å². The van der Waals surface area contributed by atoms with E-state index in [1.54, 1.807) is 23.5 Å². The molecule has 2 amide bonds. The van der Waals surface area contributed by atoms with Gasteiger partial charge in [0.25, 0.3) is 5.91 Å². The summed E-state index contributed by atoms with van der Waals surface area (Å²) in [4.78, 5) is 29.2. The number of nitrogens with zero attached hydrogens (tertiary/aromatic N) is 2. The standard InChI is InChI=1S/C16H17N3O3S/c1-19(7-12-9-23-10-17-12)16(21)8-22-13-3-4-14-11(6-13)2-5-15(20)18-14/h3-4,6,9-10H,2,5,7-8H2,1H3,(H,18,20). The summed E-state index contributed by atoms with van der Waals surface area (Å²) in [5.74, 6) is 0.560. The molecule has 0 saturated carbocycles. The maximum absolute atomic E-state index is 12.1. The number of aromatic nitrogens is 1. The van der Waals surface area contributed by atoms with Crippen molar-refractivity contribution >= 4 is 28.8 Å². The molecule has 0 fully saturated rings. The molecule has 23 heavy (non-hydrogen) atoms. The highest BCUT2D eigenvalue weighted by atomic mass is 32.1. The van der Waals surface area contributed by atoms with Crippen LogP contribution in [0.25, 0.3) is 0 Å². The number of ether oxygens (including phenoxy) is 1. The molecule has 1 aromatic heterocycles. The predicted octanol–water partition coefficient (Wildman–Crippen LogP) is 2.07. The molecular formula is C16H17N3O3S. The molecule has 2 heterocycles. The minimum Gasteiger partial charge on any atom is -0.484 e. The lowest BCUT2D eigenvalue weighted by Crippen LogP contribution is -2.31. The first-order chi connectivity index (χ1) is 11.1. The first-order valence-corrected chi connectivity index (χ1v) is 8.23. The summed E-state index contributed by atoms with van der Waals surface area (Å²) >= 11 is 1.51. The maximum atomic E-state index is 12.1. The minimum absolute atomic E-state index is 0.0220. The van der Waals surface area contributed by atoms with Gasteiger partial charge in [-0.05, 0) is 30.2 Å². The van der Waals surface area contributed by atoms with Gasteiger partial charge >= 0.3 is 0 Å². The fourth-order valence-electron chi connectivity index (χ4n) is 2.35. The third-order valence-corrected chi connectivity index (χ3v) is 4.28. The number of likely N-dealkylation sites (N-methyl/N-ethyl adjacent to an activating group) is 1. The van der Waals surface area contributed by atoms with Crippen LogP contribution in [0.15, 0.2) is 29.1 Å². The quantitative estimate of drug-likeness (QED) is 0.910. The molecule has 1 aromatic carbocycles. The molecule has 0 bridgehead atoms. The topological polar surface area (TPSA) is 71.5 Å². The fraction of sp³-hybridized carbons (Fsp3) is 0.312. The average molecular weight is 331 g/mol. The molecule has 0 aliphatic carbocycles. The van der Waals surface area contributed by atoms with E-state index < -0.39 is 0 Å². The fourth-order valence-corrected chi connectivity index (χ4v) is 2.90. The van der Waals surface area contributed by atoms with Gasteiger partial charge in [-0.2, -0.15) is 0 Å². The molecule has 2 aromatic rings. The van der Waals surface area contributed by atoms with Crippen LogP contribution in [0.2, 0.25) is 0 Å². The molecule has 120 valence electrons. The zero-order valence-electron chi connectivity index (χ0n) is 12.7.